The summed E-state index contributed by atoms with van der Waals surface area (Å²) in [5.41, 5.74) is 3.51. The van der Waals surface area contributed by atoms with Crippen LogP contribution in [-0.2, 0) is 21.6 Å². The molecular weight excluding hydrogens is 348 g/mol. The minimum Gasteiger partial charge on any atom is -0.381 e. The van der Waals surface area contributed by atoms with Crippen molar-refractivity contribution >= 4 is 0 Å². The standard InChI is InChI=1S/C24H34N2O2/c1-5-27-18-24(19-28-16-21-9-7-6-8-10-21)13-14-26(17-24)23(3,4)22-12-11-20(2)25-15-22/h6-12,15H,5,13-14,16-19H2,1-4H3/t24-/m0/s1. The third-order valence-corrected chi connectivity index (χ3v) is 5.98. The van der Waals surface area contributed by atoms with E-state index in [2.05, 4.69) is 67.1 Å². The summed E-state index contributed by atoms with van der Waals surface area (Å²) in [5.74, 6) is 0. The Morgan fingerprint density at radius 2 is 1.82 bits per heavy atom. The van der Waals surface area contributed by atoms with Crippen LogP contribution in [0.15, 0.2) is 48.7 Å². The third-order valence-electron chi connectivity index (χ3n) is 5.98. The van der Waals surface area contributed by atoms with Crippen molar-refractivity contribution in [1.82, 2.24) is 9.88 Å². The van der Waals surface area contributed by atoms with Gasteiger partial charge in [0.2, 0.25) is 0 Å². The Kier molecular flexibility index (Phi) is 6.86. The second kappa shape index (κ2) is 9.17. The summed E-state index contributed by atoms with van der Waals surface area (Å²) in [5, 5.41) is 0. The van der Waals surface area contributed by atoms with E-state index in [4.69, 9.17) is 9.47 Å². The maximum atomic E-state index is 6.17. The highest BCUT2D eigenvalue weighted by Gasteiger charge is 2.44. The van der Waals surface area contributed by atoms with E-state index in [-0.39, 0.29) is 11.0 Å². The lowest BCUT2D eigenvalue weighted by Gasteiger charge is -2.38. The van der Waals surface area contributed by atoms with Crippen LogP contribution in [0.1, 0.15) is 44.0 Å². The highest BCUT2D eigenvalue weighted by Crippen LogP contribution is 2.39. The Bertz CT molecular complexity index is 730. The van der Waals surface area contributed by atoms with Crippen LogP contribution in [0.2, 0.25) is 0 Å². The van der Waals surface area contributed by atoms with Gasteiger partial charge in [0.05, 0.1) is 19.8 Å². The Labute approximate surface area is 169 Å². The largest absolute Gasteiger partial charge is 0.381 e. The van der Waals surface area contributed by atoms with E-state index in [1.807, 2.05) is 19.2 Å². The van der Waals surface area contributed by atoms with Crippen molar-refractivity contribution in [2.24, 2.45) is 5.41 Å². The van der Waals surface area contributed by atoms with Gasteiger partial charge in [-0.3, -0.25) is 9.88 Å². The molecule has 0 aliphatic carbocycles. The van der Waals surface area contributed by atoms with Gasteiger partial charge in [-0.25, -0.2) is 0 Å². The maximum absolute atomic E-state index is 6.17. The summed E-state index contributed by atoms with van der Waals surface area (Å²) >= 11 is 0. The van der Waals surface area contributed by atoms with Gasteiger partial charge in [-0.1, -0.05) is 36.4 Å². The first-order valence-electron chi connectivity index (χ1n) is 10.3. The number of aryl methyl sites for hydroxylation is 1. The smallest absolute Gasteiger partial charge is 0.0717 e. The van der Waals surface area contributed by atoms with Gasteiger partial charge in [0.15, 0.2) is 0 Å². The molecule has 1 fully saturated rings. The zero-order valence-electron chi connectivity index (χ0n) is 17.8. The molecule has 1 aromatic carbocycles. The molecule has 1 aromatic heterocycles. The number of hydrogen-bond donors (Lipinski definition) is 0. The van der Waals surface area contributed by atoms with E-state index in [1.165, 1.54) is 11.1 Å². The first kappa shape index (κ1) is 21.0. The summed E-state index contributed by atoms with van der Waals surface area (Å²) in [4.78, 5) is 7.07. The molecule has 2 heterocycles. The molecule has 1 aliphatic rings. The molecule has 0 bridgehead atoms. The predicted octanol–water partition coefficient (Wildman–Crippen LogP) is 4.57. The van der Waals surface area contributed by atoms with Crippen molar-refractivity contribution in [2.45, 2.75) is 46.3 Å². The average Bonchev–Trinajstić information content (AvgIpc) is 3.13. The van der Waals surface area contributed by atoms with Gasteiger partial charge >= 0.3 is 0 Å². The molecule has 3 rings (SSSR count). The summed E-state index contributed by atoms with van der Waals surface area (Å²) in [6.45, 7) is 13.6. The molecule has 0 N–H and O–H groups in total. The molecule has 1 saturated heterocycles. The number of ether oxygens (including phenoxy) is 2. The van der Waals surface area contributed by atoms with Gasteiger partial charge in [-0.2, -0.15) is 0 Å². The lowest BCUT2D eigenvalue weighted by molar-refractivity contribution is -0.0253. The summed E-state index contributed by atoms with van der Waals surface area (Å²) in [6, 6.07) is 14.7. The van der Waals surface area contributed by atoms with Crippen LogP contribution in [-0.4, -0.2) is 42.8 Å². The zero-order chi connectivity index (χ0) is 20.0. The van der Waals surface area contributed by atoms with Crippen LogP contribution in [0, 0.1) is 12.3 Å². The van der Waals surface area contributed by atoms with E-state index in [0.29, 0.717) is 6.61 Å². The Hall–Kier alpha value is -1.75. The van der Waals surface area contributed by atoms with E-state index in [0.717, 1.165) is 45.0 Å². The van der Waals surface area contributed by atoms with Gasteiger partial charge in [0, 0.05) is 36.0 Å². The molecule has 1 aliphatic heterocycles. The topological polar surface area (TPSA) is 34.6 Å². The van der Waals surface area contributed by atoms with Crippen molar-refractivity contribution < 1.29 is 9.47 Å². The number of rotatable bonds is 9. The normalized spacial score (nSPS) is 20.6. The molecule has 0 spiro atoms. The molecular formula is C24H34N2O2. The summed E-state index contributed by atoms with van der Waals surface area (Å²) in [6.07, 6.45) is 3.11. The Morgan fingerprint density at radius 1 is 1.07 bits per heavy atom. The monoisotopic (exact) mass is 382 g/mol. The van der Waals surface area contributed by atoms with Crippen molar-refractivity contribution in [1.29, 1.82) is 0 Å². The van der Waals surface area contributed by atoms with Gasteiger partial charge in [-0.05, 0) is 57.9 Å². The van der Waals surface area contributed by atoms with Gasteiger partial charge in [0.25, 0.3) is 0 Å². The minimum atomic E-state index is -0.0614. The van der Waals surface area contributed by atoms with Crippen LogP contribution in [0.5, 0.6) is 0 Å². The van der Waals surface area contributed by atoms with E-state index in [1.54, 1.807) is 0 Å². The second-order valence-electron chi connectivity index (χ2n) is 8.53. The van der Waals surface area contributed by atoms with Crippen LogP contribution < -0.4 is 0 Å². The minimum absolute atomic E-state index is 0.0419. The molecule has 0 amide bonds. The van der Waals surface area contributed by atoms with Crippen LogP contribution in [0.25, 0.3) is 0 Å². The fraction of sp³-hybridized carbons (Fsp3) is 0.542. The third kappa shape index (κ3) is 4.99. The van der Waals surface area contributed by atoms with Crippen LogP contribution in [0.3, 0.4) is 0 Å². The van der Waals surface area contributed by atoms with Crippen molar-refractivity contribution in [3.63, 3.8) is 0 Å². The highest BCUT2D eigenvalue weighted by atomic mass is 16.5. The molecule has 0 saturated carbocycles. The first-order chi connectivity index (χ1) is 13.5. The lowest BCUT2D eigenvalue weighted by atomic mass is 9.88. The van der Waals surface area contributed by atoms with Crippen LogP contribution in [0.4, 0.5) is 0 Å². The molecule has 0 radical (unpaired) electrons. The van der Waals surface area contributed by atoms with Gasteiger partial charge in [0.1, 0.15) is 0 Å². The van der Waals surface area contributed by atoms with Crippen molar-refractivity contribution in [3.8, 4) is 0 Å². The van der Waals surface area contributed by atoms with Crippen LogP contribution >= 0.6 is 0 Å². The summed E-state index contributed by atoms with van der Waals surface area (Å²) < 4.78 is 12.1. The number of aromatic nitrogens is 1. The zero-order valence-corrected chi connectivity index (χ0v) is 17.8. The average molecular weight is 383 g/mol. The number of likely N-dealkylation sites (tertiary alicyclic amines) is 1. The summed E-state index contributed by atoms with van der Waals surface area (Å²) in [7, 11) is 0. The van der Waals surface area contributed by atoms with Gasteiger partial charge < -0.3 is 9.47 Å². The number of nitrogens with zero attached hydrogens (tertiary/aromatic N) is 2. The quantitative estimate of drug-likeness (QED) is 0.636. The molecule has 4 heteroatoms. The molecule has 1 atom stereocenters. The molecule has 4 nitrogen and oxygen atoms in total. The first-order valence-corrected chi connectivity index (χ1v) is 10.3. The molecule has 0 unspecified atom stereocenters. The number of hydrogen-bond acceptors (Lipinski definition) is 4. The van der Waals surface area contributed by atoms with Gasteiger partial charge in [-0.15, -0.1) is 0 Å². The molecule has 152 valence electrons. The second-order valence-corrected chi connectivity index (χ2v) is 8.53. The van der Waals surface area contributed by atoms with E-state index >= 15 is 0 Å². The van der Waals surface area contributed by atoms with E-state index < -0.39 is 0 Å². The highest BCUT2D eigenvalue weighted by molar-refractivity contribution is 5.22. The fourth-order valence-corrected chi connectivity index (χ4v) is 3.98. The Balaban J connectivity index is 1.67. The Morgan fingerprint density at radius 3 is 2.50 bits per heavy atom. The number of pyridine rings is 1. The SMILES string of the molecule is CCOC[C@]1(COCc2ccccc2)CCN(C(C)(C)c2ccc(C)nc2)C1. The maximum Gasteiger partial charge on any atom is 0.0717 e. The molecule has 2 aromatic rings. The van der Waals surface area contributed by atoms with E-state index in [9.17, 15) is 0 Å². The number of benzene rings is 1. The predicted molar refractivity (Wildman–Crippen MR) is 113 cm³/mol. The molecule has 28 heavy (non-hydrogen) atoms. The van der Waals surface area contributed by atoms with Crippen molar-refractivity contribution in [2.75, 3.05) is 32.9 Å². The van der Waals surface area contributed by atoms with Crippen molar-refractivity contribution in [3.05, 3.63) is 65.5 Å². The fourth-order valence-electron chi connectivity index (χ4n) is 3.98. The lowest BCUT2D eigenvalue weighted by Crippen LogP contribution is -2.43.